The minimum Gasteiger partial charge on any atom is -0.267 e. The summed E-state index contributed by atoms with van der Waals surface area (Å²) in [7, 11) is 0. The molecular formula is C20H13FN2O. The minimum atomic E-state index is -0.351. The summed E-state index contributed by atoms with van der Waals surface area (Å²) in [6.45, 7) is 0. The molecule has 0 aliphatic heterocycles. The normalized spacial score (nSPS) is 10.9. The number of hydrogen-bond acceptors (Lipinski definition) is 2. The van der Waals surface area contributed by atoms with Gasteiger partial charge in [-0.3, -0.25) is 4.79 Å². The third-order valence-electron chi connectivity index (χ3n) is 3.92. The van der Waals surface area contributed by atoms with E-state index in [1.165, 1.54) is 16.8 Å². The van der Waals surface area contributed by atoms with Crippen molar-refractivity contribution in [3.63, 3.8) is 0 Å². The van der Waals surface area contributed by atoms with Crippen molar-refractivity contribution in [3.05, 3.63) is 95.0 Å². The van der Waals surface area contributed by atoms with Gasteiger partial charge in [-0.25, -0.2) is 4.39 Å². The van der Waals surface area contributed by atoms with Gasteiger partial charge in [-0.1, -0.05) is 48.5 Å². The van der Waals surface area contributed by atoms with Crippen LogP contribution in [-0.4, -0.2) is 9.78 Å². The third kappa shape index (κ3) is 2.38. The van der Waals surface area contributed by atoms with Gasteiger partial charge in [0.05, 0.1) is 16.8 Å². The van der Waals surface area contributed by atoms with Crippen LogP contribution in [0.25, 0.3) is 27.7 Å². The maximum Gasteiger partial charge on any atom is 0.279 e. The van der Waals surface area contributed by atoms with Crippen LogP contribution in [0.2, 0.25) is 0 Å². The van der Waals surface area contributed by atoms with E-state index in [0.29, 0.717) is 11.1 Å². The topological polar surface area (TPSA) is 34.9 Å². The van der Waals surface area contributed by atoms with Gasteiger partial charge in [-0.05, 0) is 30.3 Å². The second-order valence-electron chi connectivity index (χ2n) is 5.45. The molecule has 0 saturated carbocycles. The van der Waals surface area contributed by atoms with E-state index in [0.717, 1.165) is 16.6 Å². The Kier molecular flexibility index (Phi) is 3.43. The SMILES string of the molecule is O=c1c2ccccc2c(-c2ccccc2)nn1-c1ccc(F)cc1. The predicted octanol–water partition coefficient (Wildman–Crippen LogP) is 4.19. The van der Waals surface area contributed by atoms with Crippen molar-refractivity contribution in [1.29, 1.82) is 0 Å². The molecule has 0 saturated heterocycles. The largest absolute Gasteiger partial charge is 0.279 e. The minimum absolute atomic E-state index is 0.225. The fourth-order valence-electron chi connectivity index (χ4n) is 2.76. The van der Waals surface area contributed by atoms with Gasteiger partial charge < -0.3 is 0 Å². The van der Waals surface area contributed by atoms with Gasteiger partial charge in [0.15, 0.2) is 0 Å². The average Bonchev–Trinajstić information content (AvgIpc) is 2.64. The molecule has 1 heterocycles. The van der Waals surface area contributed by atoms with Crippen molar-refractivity contribution in [2.75, 3.05) is 0 Å². The zero-order valence-electron chi connectivity index (χ0n) is 12.7. The summed E-state index contributed by atoms with van der Waals surface area (Å²) in [4.78, 5) is 12.8. The molecule has 0 bridgehead atoms. The summed E-state index contributed by atoms with van der Waals surface area (Å²) in [6, 6.07) is 22.8. The van der Waals surface area contributed by atoms with Gasteiger partial charge in [0.25, 0.3) is 5.56 Å². The Hall–Kier alpha value is -3.27. The van der Waals surface area contributed by atoms with Gasteiger partial charge in [-0.2, -0.15) is 9.78 Å². The van der Waals surface area contributed by atoms with E-state index in [-0.39, 0.29) is 11.4 Å². The van der Waals surface area contributed by atoms with Crippen LogP contribution in [0.3, 0.4) is 0 Å². The van der Waals surface area contributed by atoms with Crippen molar-refractivity contribution in [1.82, 2.24) is 9.78 Å². The molecule has 4 heteroatoms. The second kappa shape index (κ2) is 5.74. The number of halogens is 1. The summed E-state index contributed by atoms with van der Waals surface area (Å²) in [5.41, 5.74) is 1.95. The Morgan fingerprint density at radius 2 is 1.38 bits per heavy atom. The van der Waals surface area contributed by atoms with E-state index in [1.807, 2.05) is 48.5 Å². The maximum atomic E-state index is 13.2. The molecule has 1 aromatic heterocycles. The Bertz CT molecular complexity index is 1070. The molecule has 0 aliphatic carbocycles. The van der Waals surface area contributed by atoms with Crippen molar-refractivity contribution < 1.29 is 4.39 Å². The summed E-state index contributed by atoms with van der Waals surface area (Å²) in [6.07, 6.45) is 0. The van der Waals surface area contributed by atoms with E-state index in [1.54, 1.807) is 18.2 Å². The van der Waals surface area contributed by atoms with Gasteiger partial charge in [-0.15, -0.1) is 0 Å². The molecule has 0 amide bonds. The zero-order valence-corrected chi connectivity index (χ0v) is 12.7. The molecule has 4 aromatic rings. The molecule has 0 atom stereocenters. The molecule has 0 N–H and O–H groups in total. The van der Waals surface area contributed by atoms with Gasteiger partial charge in [0.2, 0.25) is 0 Å². The number of fused-ring (bicyclic) bond motifs is 1. The van der Waals surface area contributed by atoms with Crippen molar-refractivity contribution in [2.24, 2.45) is 0 Å². The molecule has 0 fully saturated rings. The number of aromatic nitrogens is 2. The molecule has 3 nitrogen and oxygen atoms in total. The lowest BCUT2D eigenvalue weighted by molar-refractivity contribution is 0.626. The Balaban J connectivity index is 2.07. The Morgan fingerprint density at radius 1 is 0.750 bits per heavy atom. The highest BCUT2D eigenvalue weighted by atomic mass is 19.1. The van der Waals surface area contributed by atoms with E-state index in [2.05, 4.69) is 5.10 Å². The van der Waals surface area contributed by atoms with Crippen LogP contribution in [0.5, 0.6) is 0 Å². The van der Waals surface area contributed by atoms with E-state index < -0.39 is 0 Å². The molecule has 3 aromatic carbocycles. The molecule has 0 spiro atoms. The highest BCUT2D eigenvalue weighted by Gasteiger charge is 2.12. The molecule has 0 radical (unpaired) electrons. The number of hydrogen-bond donors (Lipinski definition) is 0. The molecule has 116 valence electrons. The highest BCUT2D eigenvalue weighted by molar-refractivity contribution is 5.93. The van der Waals surface area contributed by atoms with Crippen molar-refractivity contribution >= 4 is 10.8 Å². The zero-order chi connectivity index (χ0) is 16.5. The van der Waals surface area contributed by atoms with Crippen LogP contribution in [0, 0.1) is 5.82 Å². The number of nitrogens with zero attached hydrogens (tertiary/aromatic N) is 2. The molecule has 0 aliphatic rings. The first-order valence-electron chi connectivity index (χ1n) is 7.57. The first-order chi connectivity index (χ1) is 11.7. The summed E-state index contributed by atoms with van der Waals surface area (Å²) < 4.78 is 14.5. The van der Waals surface area contributed by atoms with Crippen LogP contribution in [-0.2, 0) is 0 Å². The second-order valence-corrected chi connectivity index (χ2v) is 5.45. The lowest BCUT2D eigenvalue weighted by Gasteiger charge is -2.11. The van der Waals surface area contributed by atoms with E-state index in [4.69, 9.17) is 0 Å². The smallest absolute Gasteiger partial charge is 0.267 e. The van der Waals surface area contributed by atoms with E-state index >= 15 is 0 Å². The van der Waals surface area contributed by atoms with Crippen LogP contribution in [0.4, 0.5) is 4.39 Å². The first kappa shape index (κ1) is 14.3. The van der Waals surface area contributed by atoms with Gasteiger partial charge in [0.1, 0.15) is 5.82 Å². The van der Waals surface area contributed by atoms with Crippen LogP contribution in [0.1, 0.15) is 0 Å². The molecular weight excluding hydrogens is 303 g/mol. The highest BCUT2D eigenvalue weighted by Crippen LogP contribution is 2.25. The first-order valence-corrected chi connectivity index (χ1v) is 7.57. The van der Waals surface area contributed by atoms with Gasteiger partial charge >= 0.3 is 0 Å². The molecule has 4 rings (SSSR count). The van der Waals surface area contributed by atoms with Crippen molar-refractivity contribution in [2.45, 2.75) is 0 Å². The van der Waals surface area contributed by atoms with Gasteiger partial charge in [0, 0.05) is 10.9 Å². The van der Waals surface area contributed by atoms with Crippen LogP contribution < -0.4 is 5.56 Å². The Labute approximate surface area is 137 Å². The summed E-state index contributed by atoms with van der Waals surface area (Å²) >= 11 is 0. The lowest BCUT2D eigenvalue weighted by Crippen LogP contribution is -2.22. The van der Waals surface area contributed by atoms with Crippen LogP contribution in [0.15, 0.2) is 83.7 Å². The summed E-state index contributed by atoms with van der Waals surface area (Å²) in [5.74, 6) is -0.351. The number of benzene rings is 3. The standard InChI is InChI=1S/C20H13FN2O/c21-15-10-12-16(13-11-15)23-20(24)18-9-5-4-8-17(18)19(22-23)14-6-2-1-3-7-14/h1-13H. The summed E-state index contributed by atoms with van der Waals surface area (Å²) in [5, 5.41) is 5.93. The monoisotopic (exact) mass is 316 g/mol. The number of rotatable bonds is 2. The fraction of sp³-hybridized carbons (Fsp3) is 0. The quantitative estimate of drug-likeness (QED) is 0.556. The lowest BCUT2D eigenvalue weighted by atomic mass is 10.1. The fourth-order valence-corrected chi connectivity index (χ4v) is 2.76. The Morgan fingerprint density at radius 3 is 2.08 bits per heavy atom. The molecule has 24 heavy (non-hydrogen) atoms. The van der Waals surface area contributed by atoms with Crippen molar-refractivity contribution in [3.8, 4) is 16.9 Å². The van der Waals surface area contributed by atoms with E-state index in [9.17, 15) is 9.18 Å². The average molecular weight is 316 g/mol. The maximum absolute atomic E-state index is 13.2. The molecule has 0 unspecified atom stereocenters. The third-order valence-corrected chi connectivity index (χ3v) is 3.92. The van der Waals surface area contributed by atoms with Crippen LogP contribution >= 0.6 is 0 Å². The predicted molar refractivity (Wildman–Crippen MR) is 92.7 cm³/mol.